The molecule has 18 heavy (non-hydrogen) atoms. The van der Waals surface area contributed by atoms with Gasteiger partial charge in [0.25, 0.3) is 0 Å². The van der Waals surface area contributed by atoms with E-state index in [1.165, 1.54) is 0 Å². The highest BCUT2D eigenvalue weighted by atomic mass is 16.5. The lowest BCUT2D eigenvalue weighted by molar-refractivity contribution is 0.146. The minimum Gasteiger partial charge on any atom is -0.491 e. The van der Waals surface area contributed by atoms with E-state index in [2.05, 4.69) is 0 Å². The van der Waals surface area contributed by atoms with Crippen molar-refractivity contribution >= 4 is 5.69 Å². The number of nitrogens with two attached hydrogens (primary N) is 1. The van der Waals surface area contributed by atoms with Gasteiger partial charge in [0.1, 0.15) is 23.9 Å². The molecule has 0 radical (unpaired) electrons. The number of furan rings is 1. The monoisotopic (exact) mass is 247 g/mol. The van der Waals surface area contributed by atoms with Crippen LogP contribution in [0.1, 0.15) is 5.76 Å². The van der Waals surface area contributed by atoms with Gasteiger partial charge in [-0.05, 0) is 31.2 Å². The highest BCUT2D eigenvalue weighted by molar-refractivity contribution is 5.65. The predicted octanol–water partition coefficient (Wildman–Crippen LogP) is 2.86. The van der Waals surface area contributed by atoms with E-state index in [9.17, 15) is 0 Å². The van der Waals surface area contributed by atoms with Gasteiger partial charge in [0.2, 0.25) is 0 Å². The maximum Gasteiger partial charge on any atom is 0.134 e. The van der Waals surface area contributed by atoms with E-state index in [0.717, 1.165) is 22.8 Å². The number of nitrogen functional groups attached to an aromatic ring is 1. The molecular weight excluding hydrogens is 230 g/mol. The summed E-state index contributed by atoms with van der Waals surface area (Å²) in [7, 11) is 1.64. The lowest BCUT2D eigenvalue weighted by Gasteiger charge is -2.08. The first-order chi connectivity index (χ1) is 8.69. The number of methoxy groups -OCH3 is 1. The molecule has 2 rings (SSSR count). The Morgan fingerprint density at radius 2 is 2.00 bits per heavy atom. The zero-order chi connectivity index (χ0) is 13.0. The number of hydrogen-bond acceptors (Lipinski definition) is 4. The van der Waals surface area contributed by atoms with E-state index in [1.807, 2.05) is 31.2 Å². The second kappa shape index (κ2) is 5.60. The summed E-state index contributed by atoms with van der Waals surface area (Å²) in [5.41, 5.74) is 7.41. The van der Waals surface area contributed by atoms with E-state index in [1.54, 1.807) is 13.2 Å². The Morgan fingerprint density at radius 1 is 1.17 bits per heavy atom. The van der Waals surface area contributed by atoms with Crippen molar-refractivity contribution in [1.29, 1.82) is 0 Å². The van der Waals surface area contributed by atoms with Gasteiger partial charge in [-0.2, -0.15) is 0 Å². The van der Waals surface area contributed by atoms with Gasteiger partial charge in [-0.15, -0.1) is 0 Å². The fourth-order valence-corrected chi connectivity index (χ4v) is 1.68. The molecule has 2 aromatic rings. The smallest absolute Gasteiger partial charge is 0.134 e. The number of ether oxygens (including phenoxy) is 2. The predicted molar refractivity (Wildman–Crippen MR) is 70.7 cm³/mol. The minimum absolute atomic E-state index is 0.497. The van der Waals surface area contributed by atoms with Crippen molar-refractivity contribution in [2.75, 3.05) is 26.1 Å². The van der Waals surface area contributed by atoms with Gasteiger partial charge in [-0.3, -0.25) is 0 Å². The average molecular weight is 247 g/mol. The molecule has 2 N–H and O–H groups in total. The van der Waals surface area contributed by atoms with Gasteiger partial charge in [-0.25, -0.2) is 0 Å². The molecule has 0 aliphatic rings. The second-order valence-electron chi connectivity index (χ2n) is 4.04. The highest BCUT2D eigenvalue weighted by Crippen LogP contribution is 2.28. The molecule has 1 heterocycles. The van der Waals surface area contributed by atoms with E-state index < -0.39 is 0 Å². The molecule has 4 nitrogen and oxygen atoms in total. The molecule has 1 aromatic heterocycles. The zero-order valence-electron chi connectivity index (χ0n) is 10.6. The third kappa shape index (κ3) is 3.05. The largest absolute Gasteiger partial charge is 0.491 e. The first kappa shape index (κ1) is 12.5. The highest BCUT2D eigenvalue weighted by Gasteiger charge is 2.06. The molecule has 0 saturated carbocycles. The lowest BCUT2D eigenvalue weighted by atomic mass is 10.1. The first-order valence-corrected chi connectivity index (χ1v) is 5.78. The van der Waals surface area contributed by atoms with Crippen LogP contribution in [-0.4, -0.2) is 20.3 Å². The SMILES string of the molecule is COCCOc1cc(N)cc(-c2ccc(C)o2)c1. The maximum atomic E-state index is 5.85. The van der Waals surface area contributed by atoms with Crippen molar-refractivity contribution in [3.63, 3.8) is 0 Å². The molecule has 0 aliphatic carbocycles. The molecule has 4 heteroatoms. The number of anilines is 1. The van der Waals surface area contributed by atoms with Crippen LogP contribution in [0.15, 0.2) is 34.7 Å². The van der Waals surface area contributed by atoms with Gasteiger partial charge in [-0.1, -0.05) is 0 Å². The summed E-state index contributed by atoms with van der Waals surface area (Å²) in [5.74, 6) is 2.38. The van der Waals surface area contributed by atoms with E-state index >= 15 is 0 Å². The number of rotatable bonds is 5. The Kier molecular flexibility index (Phi) is 3.89. The average Bonchev–Trinajstić information content (AvgIpc) is 2.76. The Labute approximate surface area is 106 Å². The zero-order valence-corrected chi connectivity index (χ0v) is 10.6. The Hall–Kier alpha value is -1.94. The van der Waals surface area contributed by atoms with Gasteiger partial charge < -0.3 is 19.6 Å². The molecule has 0 saturated heterocycles. The summed E-state index contributed by atoms with van der Waals surface area (Å²) >= 11 is 0. The molecule has 0 atom stereocenters. The summed E-state index contributed by atoms with van der Waals surface area (Å²) in [4.78, 5) is 0. The van der Waals surface area contributed by atoms with E-state index in [4.69, 9.17) is 19.6 Å². The van der Waals surface area contributed by atoms with Crippen LogP contribution >= 0.6 is 0 Å². The van der Waals surface area contributed by atoms with E-state index in [-0.39, 0.29) is 0 Å². The summed E-state index contributed by atoms with van der Waals surface area (Å²) < 4.78 is 16.1. The number of benzene rings is 1. The second-order valence-corrected chi connectivity index (χ2v) is 4.04. The molecule has 0 fully saturated rings. The van der Waals surface area contributed by atoms with Crippen LogP contribution in [0.4, 0.5) is 5.69 Å². The van der Waals surface area contributed by atoms with E-state index in [0.29, 0.717) is 18.9 Å². The van der Waals surface area contributed by atoms with Crippen molar-refractivity contribution < 1.29 is 13.9 Å². The third-order valence-corrected chi connectivity index (χ3v) is 2.51. The van der Waals surface area contributed by atoms with Crippen LogP contribution in [0, 0.1) is 6.92 Å². The Morgan fingerprint density at radius 3 is 2.67 bits per heavy atom. The molecule has 0 bridgehead atoms. The minimum atomic E-state index is 0.497. The molecular formula is C14H17NO3. The molecule has 0 aliphatic heterocycles. The standard InChI is InChI=1S/C14H17NO3/c1-10-3-4-14(18-10)11-7-12(15)9-13(8-11)17-6-5-16-2/h3-4,7-9H,5-6,15H2,1-2H3. The topological polar surface area (TPSA) is 57.6 Å². The van der Waals surface area contributed by atoms with Gasteiger partial charge in [0.15, 0.2) is 0 Å². The number of hydrogen-bond donors (Lipinski definition) is 1. The van der Waals surface area contributed by atoms with Crippen LogP contribution in [0.2, 0.25) is 0 Å². The van der Waals surface area contributed by atoms with Crippen molar-refractivity contribution in [2.45, 2.75) is 6.92 Å². The Balaban J connectivity index is 2.21. The van der Waals surface area contributed by atoms with Crippen molar-refractivity contribution in [3.8, 4) is 17.1 Å². The van der Waals surface area contributed by atoms with Crippen molar-refractivity contribution in [3.05, 3.63) is 36.1 Å². The van der Waals surface area contributed by atoms with Crippen LogP contribution in [0.5, 0.6) is 5.75 Å². The van der Waals surface area contributed by atoms with Crippen LogP contribution < -0.4 is 10.5 Å². The normalized spacial score (nSPS) is 10.6. The van der Waals surface area contributed by atoms with Crippen LogP contribution in [0.3, 0.4) is 0 Å². The van der Waals surface area contributed by atoms with Gasteiger partial charge in [0, 0.05) is 24.4 Å². The molecule has 0 spiro atoms. The van der Waals surface area contributed by atoms with Crippen LogP contribution in [-0.2, 0) is 4.74 Å². The third-order valence-electron chi connectivity index (χ3n) is 2.51. The molecule has 1 aromatic carbocycles. The number of aryl methyl sites for hydroxylation is 1. The first-order valence-electron chi connectivity index (χ1n) is 5.78. The van der Waals surface area contributed by atoms with Crippen molar-refractivity contribution in [2.24, 2.45) is 0 Å². The lowest BCUT2D eigenvalue weighted by Crippen LogP contribution is -2.04. The summed E-state index contributed by atoms with van der Waals surface area (Å²) in [6, 6.07) is 9.40. The van der Waals surface area contributed by atoms with Crippen LogP contribution in [0.25, 0.3) is 11.3 Å². The molecule has 0 unspecified atom stereocenters. The summed E-state index contributed by atoms with van der Waals surface area (Å²) in [6.45, 7) is 2.95. The fraction of sp³-hybridized carbons (Fsp3) is 0.286. The quantitative estimate of drug-likeness (QED) is 0.652. The summed E-state index contributed by atoms with van der Waals surface area (Å²) in [6.07, 6.45) is 0. The van der Waals surface area contributed by atoms with Gasteiger partial charge >= 0.3 is 0 Å². The summed E-state index contributed by atoms with van der Waals surface area (Å²) in [5, 5.41) is 0. The fourth-order valence-electron chi connectivity index (χ4n) is 1.68. The van der Waals surface area contributed by atoms with Crippen molar-refractivity contribution in [1.82, 2.24) is 0 Å². The molecule has 96 valence electrons. The Bertz CT molecular complexity index is 520. The van der Waals surface area contributed by atoms with Gasteiger partial charge in [0.05, 0.1) is 6.61 Å². The molecule has 0 amide bonds. The maximum absolute atomic E-state index is 5.85.